The Bertz CT molecular complexity index is 1030. The van der Waals surface area contributed by atoms with Gasteiger partial charge in [-0.1, -0.05) is 34.4 Å². The van der Waals surface area contributed by atoms with Gasteiger partial charge >= 0.3 is 0 Å². The average Bonchev–Trinajstić information content (AvgIpc) is 3.18. The van der Waals surface area contributed by atoms with E-state index in [0.717, 1.165) is 0 Å². The van der Waals surface area contributed by atoms with E-state index >= 15 is 0 Å². The summed E-state index contributed by atoms with van der Waals surface area (Å²) < 4.78 is 25.0. The lowest BCUT2D eigenvalue weighted by Gasteiger charge is -2.12. The van der Waals surface area contributed by atoms with Crippen LogP contribution in [0, 0.1) is 17.1 Å². The molecule has 0 saturated carbocycles. The van der Waals surface area contributed by atoms with E-state index in [-0.39, 0.29) is 45.0 Å². The molecule has 0 atom stereocenters. The number of nitriles is 1. The molecule has 0 aliphatic heterocycles. The van der Waals surface area contributed by atoms with Crippen molar-refractivity contribution in [3.63, 3.8) is 0 Å². The first-order valence-corrected chi connectivity index (χ1v) is 8.28. The van der Waals surface area contributed by atoms with Gasteiger partial charge in [-0.2, -0.15) is 5.26 Å². The Hall–Kier alpha value is -3.08. The van der Waals surface area contributed by atoms with E-state index < -0.39 is 11.7 Å². The van der Waals surface area contributed by atoms with E-state index in [1.807, 2.05) is 6.07 Å². The molecule has 0 aliphatic rings. The number of ether oxygens (including phenoxy) is 1. The molecule has 136 valence electrons. The minimum atomic E-state index is -0.751. The number of benzene rings is 2. The molecule has 9 heteroatoms. The Morgan fingerprint density at radius 2 is 2.11 bits per heavy atom. The van der Waals surface area contributed by atoms with E-state index in [9.17, 15) is 9.18 Å². The van der Waals surface area contributed by atoms with Crippen LogP contribution >= 0.6 is 23.2 Å². The smallest absolute Gasteiger partial charge is 0.290 e. The zero-order valence-corrected chi connectivity index (χ0v) is 15.0. The SMILES string of the molecule is N#Cc1cc(Cl)cc(Oc2c(Cl)ccc(CNC(=O)c3ccno3)c2F)c1. The summed E-state index contributed by atoms with van der Waals surface area (Å²) in [4.78, 5) is 11.9. The van der Waals surface area contributed by atoms with Gasteiger partial charge in [-0.05, 0) is 24.3 Å². The molecule has 0 saturated heterocycles. The topological polar surface area (TPSA) is 88.1 Å². The maximum Gasteiger partial charge on any atom is 0.290 e. The van der Waals surface area contributed by atoms with Crippen LogP contribution in [0.25, 0.3) is 0 Å². The first kappa shape index (κ1) is 18.7. The molecule has 1 heterocycles. The number of nitrogens with zero attached hydrogens (tertiary/aromatic N) is 2. The minimum Gasteiger partial charge on any atom is -0.453 e. The Labute approximate surface area is 163 Å². The lowest BCUT2D eigenvalue weighted by atomic mass is 10.2. The lowest BCUT2D eigenvalue weighted by molar-refractivity contribution is 0.0913. The van der Waals surface area contributed by atoms with E-state index in [2.05, 4.69) is 10.5 Å². The number of aromatic nitrogens is 1. The van der Waals surface area contributed by atoms with Crippen LogP contribution in [0.3, 0.4) is 0 Å². The van der Waals surface area contributed by atoms with Crippen molar-refractivity contribution in [2.24, 2.45) is 0 Å². The summed E-state index contributed by atoms with van der Waals surface area (Å²) in [6.07, 6.45) is 1.32. The number of rotatable bonds is 5. The Kier molecular flexibility index (Phi) is 5.60. The van der Waals surface area contributed by atoms with Crippen molar-refractivity contribution in [3.8, 4) is 17.6 Å². The third kappa shape index (κ3) is 4.37. The predicted octanol–water partition coefficient (Wildman–Crippen LogP) is 4.71. The highest BCUT2D eigenvalue weighted by molar-refractivity contribution is 6.32. The van der Waals surface area contributed by atoms with Crippen LogP contribution in [-0.2, 0) is 6.54 Å². The van der Waals surface area contributed by atoms with Crippen LogP contribution in [-0.4, -0.2) is 11.1 Å². The highest BCUT2D eigenvalue weighted by atomic mass is 35.5. The van der Waals surface area contributed by atoms with Gasteiger partial charge in [-0.15, -0.1) is 0 Å². The fraction of sp³-hybridized carbons (Fsp3) is 0.0556. The van der Waals surface area contributed by atoms with E-state index in [4.69, 9.17) is 37.7 Å². The average molecular weight is 406 g/mol. The molecule has 27 heavy (non-hydrogen) atoms. The van der Waals surface area contributed by atoms with E-state index in [1.54, 1.807) is 0 Å². The zero-order chi connectivity index (χ0) is 19.4. The summed E-state index contributed by atoms with van der Waals surface area (Å²) in [7, 11) is 0. The molecule has 2 aromatic carbocycles. The predicted molar refractivity (Wildman–Crippen MR) is 95.3 cm³/mol. The molecule has 6 nitrogen and oxygen atoms in total. The highest BCUT2D eigenvalue weighted by Crippen LogP contribution is 2.35. The van der Waals surface area contributed by atoms with Crippen LogP contribution in [0.15, 0.2) is 47.1 Å². The standard InChI is InChI=1S/C18H10Cl2FN3O3/c19-12-5-10(8-22)6-13(7-12)26-17-14(20)2-1-11(16(17)21)9-23-18(25)15-3-4-24-27-15/h1-7H,9H2,(H,23,25). The highest BCUT2D eigenvalue weighted by Gasteiger charge is 2.17. The second-order valence-electron chi connectivity index (χ2n) is 5.30. The second kappa shape index (κ2) is 8.08. The van der Waals surface area contributed by atoms with E-state index in [1.165, 1.54) is 42.6 Å². The fourth-order valence-corrected chi connectivity index (χ4v) is 2.61. The van der Waals surface area contributed by atoms with Gasteiger partial charge in [-0.3, -0.25) is 4.79 Å². The molecule has 1 N–H and O–H groups in total. The van der Waals surface area contributed by atoms with Crippen LogP contribution in [0.4, 0.5) is 4.39 Å². The van der Waals surface area contributed by atoms with Crippen molar-refractivity contribution in [2.45, 2.75) is 6.54 Å². The maximum absolute atomic E-state index is 14.8. The largest absolute Gasteiger partial charge is 0.453 e. The quantitative estimate of drug-likeness (QED) is 0.663. The summed E-state index contributed by atoms with van der Waals surface area (Å²) in [5, 5.41) is 15.2. The number of nitrogens with one attached hydrogen (secondary N) is 1. The van der Waals surface area contributed by atoms with Crippen molar-refractivity contribution in [3.05, 3.63) is 75.3 Å². The lowest BCUT2D eigenvalue weighted by Crippen LogP contribution is -2.22. The van der Waals surface area contributed by atoms with Crippen molar-refractivity contribution in [1.29, 1.82) is 5.26 Å². The van der Waals surface area contributed by atoms with Crippen molar-refractivity contribution in [2.75, 3.05) is 0 Å². The first-order chi connectivity index (χ1) is 13.0. The first-order valence-electron chi connectivity index (χ1n) is 7.52. The molecule has 0 radical (unpaired) electrons. The number of hydrogen-bond acceptors (Lipinski definition) is 5. The molecule has 0 spiro atoms. The van der Waals surface area contributed by atoms with Crippen LogP contribution < -0.4 is 10.1 Å². The summed E-state index contributed by atoms with van der Waals surface area (Å²) in [6.45, 7) is -0.127. The summed E-state index contributed by atoms with van der Waals surface area (Å²) in [5.41, 5.74) is 0.398. The van der Waals surface area contributed by atoms with Gasteiger partial charge < -0.3 is 14.6 Å². The van der Waals surface area contributed by atoms with Gasteiger partial charge in [-0.25, -0.2) is 4.39 Å². The number of amides is 1. The summed E-state index contributed by atoms with van der Waals surface area (Å²) in [5.74, 6) is -1.38. The normalized spacial score (nSPS) is 10.3. The van der Waals surface area contributed by atoms with Gasteiger partial charge in [0.1, 0.15) is 5.75 Å². The fourth-order valence-electron chi connectivity index (χ4n) is 2.20. The molecule has 0 bridgehead atoms. The number of hydrogen-bond donors (Lipinski definition) is 1. The third-order valence-corrected chi connectivity index (χ3v) is 3.97. The van der Waals surface area contributed by atoms with Gasteiger partial charge in [0.2, 0.25) is 5.76 Å². The number of halogens is 3. The van der Waals surface area contributed by atoms with Crippen LogP contribution in [0.1, 0.15) is 21.7 Å². The van der Waals surface area contributed by atoms with Crippen molar-refractivity contribution >= 4 is 29.1 Å². The summed E-state index contributed by atoms with van der Waals surface area (Å²) in [6, 6.07) is 10.4. The molecule has 0 aliphatic carbocycles. The number of carbonyl (C=O) groups is 1. The van der Waals surface area contributed by atoms with Crippen molar-refractivity contribution < 1.29 is 18.4 Å². The van der Waals surface area contributed by atoms with Gasteiger partial charge in [0.05, 0.1) is 22.9 Å². The Balaban J connectivity index is 1.82. The molecule has 0 unspecified atom stereocenters. The third-order valence-electron chi connectivity index (χ3n) is 3.45. The van der Waals surface area contributed by atoms with Gasteiger partial charge in [0.25, 0.3) is 5.91 Å². The monoisotopic (exact) mass is 405 g/mol. The maximum atomic E-state index is 14.8. The Morgan fingerprint density at radius 1 is 1.30 bits per heavy atom. The number of carbonyl (C=O) groups excluding carboxylic acids is 1. The second-order valence-corrected chi connectivity index (χ2v) is 6.14. The van der Waals surface area contributed by atoms with E-state index in [0.29, 0.717) is 0 Å². The van der Waals surface area contributed by atoms with Crippen LogP contribution in [0.2, 0.25) is 10.0 Å². The van der Waals surface area contributed by atoms with Crippen LogP contribution in [0.5, 0.6) is 11.5 Å². The molecule has 3 aromatic rings. The molecule has 3 rings (SSSR count). The zero-order valence-electron chi connectivity index (χ0n) is 13.5. The minimum absolute atomic E-state index is 0.00352. The molecular formula is C18H10Cl2FN3O3. The molecular weight excluding hydrogens is 396 g/mol. The molecule has 1 amide bonds. The molecule has 0 fully saturated rings. The molecule has 1 aromatic heterocycles. The Morgan fingerprint density at radius 3 is 2.81 bits per heavy atom. The van der Waals surface area contributed by atoms with Crippen molar-refractivity contribution in [1.82, 2.24) is 10.5 Å². The summed E-state index contributed by atoms with van der Waals surface area (Å²) >= 11 is 12.0. The van der Waals surface area contributed by atoms with Gasteiger partial charge in [0.15, 0.2) is 11.6 Å². The van der Waals surface area contributed by atoms with Gasteiger partial charge in [0, 0.05) is 23.2 Å².